The van der Waals surface area contributed by atoms with E-state index >= 15 is 0 Å². The lowest BCUT2D eigenvalue weighted by Crippen LogP contribution is -2.06. The summed E-state index contributed by atoms with van der Waals surface area (Å²) in [5, 5.41) is 4.15. The minimum Gasteiger partial charge on any atom is -0.217 e. The number of rotatable bonds is 1. The Morgan fingerprint density at radius 1 is 0.933 bits per heavy atom. The molecule has 2 aromatic rings. The van der Waals surface area contributed by atoms with Crippen LogP contribution in [0.25, 0.3) is 5.95 Å². The third-order valence-corrected chi connectivity index (χ3v) is 1.97. The molecule has 0 aliphatic rings. The first-order valence-electron chi connectivity index (χ1n) is 4.04. The second-order valence-electron chi connectivity index (χ2n) is 2.79. The van der Waals surface area contributed by atoms with E-state index in [1.807, 2.05) is 0 Å². The Morgan fingerprint density at radius 3 is 2.00 bits per heavy atom. The van der Waals surface area contributed by atoms with Crippen molar-refractivity contribution in [3.63, 3.8) is 0 Å². The molecule has 0 aromatic carbocycles. The molecule has 8 heteroatoms. The molecule has 15 heavy (non-hydrogen) atoms. The number of aromatic nitrogens is 6. The van der Waals surface area contributed by atoms with Crippen LogP contribution in [0.15, 0.2) is 0 Å². The summed E-state index contributed by atoms with van der Waals surface area (Å²) in [5.74, 6) is 1.55. The summed E-state index contributed by atoms with van der Waals surface area (Å²) in [6.45, 7) is 3.56. The van der Waals surface area contributed by atoms with Crippen molar-refractivity contribution in [3.8, 4) is 5.95 Å². The van der Waals surface area contributed by atoms with E-state index in [4.69, 9.17) is 23.2 Å². The summed E-state index contributed by atoms with van der Waals surface area (Å²) in [7, 11) is 0. The summed E-state index contributed by atoms with van der Waals surface area (Å²) < 4.78 is 1.45. The van der Waals surface area contributed by atoms with Gasteiger partial charge in [-0.25, -0.2) is 4.98 Å². The molecule has 0 aliphatic carbocycles. The van der Waals surface area contributed by atoms with Crippen molar-refractivity contribution in [1.29, 1.82) is 0 Å². The predicted molar refractivity (Wildman–Crippen MR) is 54.2 cm³/mol. The number of hydrogen-bond donors (Lipinski definition) is 0. The molecule has 2 aromatic heterocycles. The largest absolute Gasteiger partial charge is 0.257 e. The highest BCUT2D eigenvalue weighted by atomic mass is 35.5. The second kappa shape index (κ2) is 3.71. The average molecular weight is 245 g/mol. The highest BCUT2D eigenvalue weighted by molar-refractivity contribution is 6.31. The van der Waals surface area contributed by atoms with E-state index < -0.39 is 0 Å². The fourth-order valence-corrected chi connectivity index (χ4v) is 1.48. The molecule has 0 radical (unpaired) electrons. The maximum atomic E-state index is 5.65. The van der Waals surface area contributed by atoms with Crippen LogP contribution >= 0.6 is 23.2 Å². The Bertz CT molecular complexity index is 488. The Kier molecular flexibility index (Phi) is 2.54. The molecular weight excluding hydrogens is 239 g/mol. The molecule has 0 N–H and O–H groups in total. The molecule has 0 bridgehead atoms. The van der Waals surface area contributed by atoms with E-state index in [-0.39, 0.29) is 16.5 Å². The molecule has 0 fully saturated rings. The Hall–Kier alpha value is -1.27. The first-order valence-corrected chi connectivity index (χ1v) is 4.79. The average Bonchev–Trinajstić information content (AvgIpc) is 2.43. The van der Waals surface area contributed by atoms with Crippen LogP contribution in [0.5, 0.6) is 0 Å². The topological polar surface area (TPSA) is 69.4 Å². The van der Waals surface area contributed by atoms with Crippen LogP contribution in [-0.2, 0) is 0 Å². The number of hydrogen-bond acceptors (Lipinski definition) is 5. The zero-order chi connectivity index (χ0) is 11.0. The van der Waals surface area contributed by atoms with Gasteiger partial charge in [-0.05, 0) is 37.0 Å². The van der Waals surface area contributed by atoms with Gasteiger partial charge in [0.25, 0.3) is 5.95 Å². The van der Waals surface area contributed by atoms with Crippen LogP contribution in [-0.4, -0.2) is 29.7 Å². The van der Waals surface area contributed by atoms with E-state index in [1.165, 1.54) is 4.68 Å². The van der Waals surface area contributed by atoms with Gasteiger partial charge in [0.1, 0.15) is 11.6 Å². The standard InChI is InChI=1S/C7H6Cl2N6/c1-3-10-4(2)15(14-3)7-12-5(8)11-6(9)13-7/h1-2H3. The van der Waals surface area contributed by atoms with Gasteiger partial charge >= 0.3 is 0 Å². The summed E-state index contributed by atoms with van der Waals surface area (Å²) >= 11 is 11.3. The van der Waals surface area contributed by atoms with E-state index in [1.54, 1.807) is 13.8 Å². The van der Waals surface area contributed by atoms with Gasteiger partial charge in [0.2, 0.25) is 10.6 Å². The fourth-order valence-electron chi connectivity index (χ4n) is 1.12. The Labute approximate surface area is 95.3 Å². The molecule has 0 saturated heterocycles. The number of halogens is 2. The molecule has 2 heterocycles. The van der Waals surface area contributed by atoms with Crippen molar-refractivity contribution < 1.29 is 0 Å². The predicted octanol–water partition coefficient (Wildman–Crippen LogP) is 1.38. The minimum atomic E-state index is 0.0255. The van der Waals surface area contributed by atoms with Crippen LogP contribution in [0, 0.1) is 13.8 Å². The van der Waals surface area contributed by atoms with Crippen LogP contribution in [0.3, 0.4) is 0 Å². The first-order chi connectivity index (χ1) is 7.06. The van der Waals surface area contributed by atoms with Crippen LogP contribution in [0.4, 0.5) is 0 Å². The summed E-state index contributed by atoms with van der Waals surface area (Å²) in [5.41, 5.74) is 0. The highest BCUT2D eigenvalue weighted by Gasteiger charge is 2.10. The molecule has 0 aliphatic heterocycles. The lowest BCUT2D eigenvalue weighted by Gasteiger charge is -2.00. The highest BCUT2D eigenvalue weighted by Crippen LogP contribution is 2.10. The SMILES string of the molecule is Cc1nc(C)n(-c2nc(Cl)nc(Cl)n2)n1. The fraction of sp³-hybridized carbons (Fsp3) is 0.286. The second-order valence-corrected chi connectivity index (χ2v) is 3.47. The van der Waals surface area contributed by atoms with E-state index in [2.05, 4.69) is 25.0 Å². The maximum absolute atomic E-state index is 5.65. The van der Waals surface area contributed by atoms with Gasteiger partial charge in [-0.1, -0.05) is 0 Å². The van der Waals surface area contributed by atoms with Gasteiger partial charge in [-0.3, -0.25) is 0 Å². The van der Waals surface area contributed by atoms with Gasteiger partial charge in [0, 0.05) is 0 Å². The summed E-state index contributed by atoms with van der Waals surface area (Å²) in [4.78, 5) is 15.6. The zero-order valence-corrected chi connectivity index (χ0v) is 9.45. The van der Waals surface area contributed by atoms with Gasteiger partial charge in [-0.15, -0.1) is 5.10 Å². The van der Waals surface area contributed by atoms with Crippen molar-refractivity contribution in [3.05, 3.63) is 22.2 Å². The molecule has 0 amide bonds. The quantitative estimate of drug-likeness (QED) is 0.758. The molecule has 0 atom stereocenters. The molecule has 6 nitrogen and oxygen atoms in total. The van der Waals surface area contributed by atoms with E-state index in [0.29, 0.717) is 11.6 Å². The number of aryl methyl sites for hydroxylation is 2. The van der Waals surface area contributed by atoms with Gasteiger partial charge in [-0.2, -0.15) is 19.6 Å². The number of nitrogens with zero attached hydrogens (tertiary/aromatic N) is 6. The van der Waals surface area contributed by atoms with Crippen molar-refractivity contribution in [2.45, 2.75) is 13.8 Å². The molecule has 0 saturated carbocycles. The van der Waals surface area contributed by atoms with Crippen molar-refractivity contribution in [2.24, 2.45) is 0 Å². The first kappa shape index (κ1) is 10.3. The molecular formula is C7H6Cl2N6. The molecule has 0 unspecified atom stereocenters. The van der Waals surface area contributed by atoms with Crippen molar-refractivity contribution in [1.82, 2.24) is 29.7 Å². The van der Waals surface area contributed by atoms with Crippen LogP contribution in [0.1, 0.15) is 11.6 Å². The van der Waals surface area contributed by atoms with Crippen molar-refractivity contribution in [2.75, 3.05) is 0 Å². The van der Waals surface area contributed by atoms with Gasteiger partial charge in [0.15, 0.2) is 0 Å². The third-order valence-electron chi connectivity index (χ3n) is 1.63. The zero-order valence-electron chi connectivity index (χ0n) is 7.94. The minimum absolute atomic E-state index is 0.0255. The van der Waals surface area contributed by atoms with Crippen molar-refractivity contribution >= 4 is 23.2 Å². The van der Waals surface area contributed by atoms with Crippen LogP contribution < -0.4 is 0 Å². The molecule has 78 valence electrons. The third kappa shape index (κ3) is 2.05. The van der Waals surface area contributed by atoms with Gasteiger partial charge in [0.05, 0.1) is 0 Å². The smallest absolute Gasteiger partial charge is 0.217 e. The van der Waals surface area contributed by atoms with Gasteiger partial charge < -0.3 is 0 Å². The lowest BCUT2D eigenvalue weighted by atomic mass is 10.7. The molecule has 0 spiro atoms. The summed E-state index contributed by atoms with van der Waals surface area (Å²) in [6, 6.07) is 0. The molecule has 2 rings (SSSR count). The maximum Gasteiger partial charge on any atom is 0.257 e. The van der Waals surface area contributed by atoms with Crippen LogP contribution in [0.2, 0.25) is 10.6 Å². The Balaban J connectivity index is 2.58. The summed E-state index contributed by atoms with van der Waals surface area (Å²) in [6.07, 6.45) is 0. The van der Waals surface area contributed by atoms with E-state index in [9.17, 15) is 0 Å². The lowest BCUT2D eigenvalue weighted by molar-refractivity contribution is 0.761. The normalized spacial score (nSPS) is 10.7. The Morgan fingerprint density at radius 2 is 1.53 bits per heavy atom. The van der Waals surface area contributed by atoms with E-state index in [0.717, 1.165) is 0 Å². The monoisotopic (exact) mass is 244 g/mol.